The van der Waals surface area contributed by atoms with Crippen LogP contribution in [0.1, 0.15) is 0 Å². The first-order valence-corrected chi connectivity index (χ1v) is 1.10. The molecular weight excluding hydrogens is 276 g/mol. The van der Waals surface area contributed by atoms with Gasteiger partial charge in [-0.15, -0.1) is 0 Å². The summed E-state index contributed by atoms with van der Waals surface area (Å²) < 4.78 is 0. The van der Waals surface area contributed by atoms with Crippen LogP contribution < -0.4 is 0 Å². The second kappa shape index (κ2) is 16.0. The van der Waals surface area contributed by atoms with Crippen LogP contribution in [0.2, 0.25) is 0 Å². The summed E-state index contributed by atoms with van der Waals surface area (Å²) in [6, 6.07) is 0. The smallest absolute Gasteiger partial charge is 0.356 e. The molecule has 0 atom stereocenters. The molecule has 0 amide bonds. The van der Waals surface area contributed by atoms with Crippen molar-refractivity contribution in [3.8, 4) is 0 Å². The van der Waals surface area contributed by atoms with Crippen LogP contribution in [0.25, 0.3) is 0 Å². The Morgan fingerprint density at radius 1 is 0.800 bits per heavy atom. The van der Waals surface area contributed by atoms with E-state index in [0.29, 0.717) is 0 Å². The molecule has 0 bridgehead atoms. The van der Waals surface area contributed by atoms with E-state index in [9.17, 15) is 0 Å². The van der Waals surface area contributed by atoms with E-state index in [-0.39, 0.29) is 49.8 Å². The minimum absolute atomic E-state index is 0. The van der Waals surface area contributed by atoms with Crippen LogP contribution in [0, 0.1) is 30.6 Å². The van der Waals surface area contributed by atoms with Crippen LogP contribution in [0.4, 0.5) is 0 Å². The second-order valence-corrected chi connectivity index (χ2v) is 0.447. The van der Waals surface area contributed by atoms with Gasteiger partial charge in [0, 0.05) is 32.7 Å². The van der Waals surface area contributed by atoms with Crippen molar-refractivity contribution >= 4 is 0 Å². The Labute approximate surface area is 90.2 Å². The average Bonchev–Trinajstić information content (AvgIpc) is 1.25. The monoisotopic (exact) mass is 276 g/mol. The summed E-state index contributed by atoms with van der Waals surface area (Å²) in [6.45, 7) is 0. The molecular formula is CuN2O6Y. The van der Waals surface area contributed by atoms with Crippen LogP contribution in [-0.2, 0) is 49.8 Å². The van der Waals surface area contributed by atoms with E-state index in [0.717, 1.165) is 0 Å². The Morgan fingerprint density at radius 3 is 0.800 bits per heavy atom. The normalized spacial score (nSPS) is 4.80. The maximum absolute atomic E-state index is 8.25. The molecule has 0 N–H and O–H groups in total. The van der Waals surface area contributed by atoms with Gasteiger partial charge in [-0.05, 0) is 0 Å². The molecule has 10 heavy (non-hydrogen) atoms. The molecule has 0 fully saturated rings. The zero-order valence-corrected chi connectivity index (χ0v) is 8.00. The summed E-state index contributed by atoms with van der Waals surface area (Å²) in [4.78, 5) is 16.5. The molecule has 0 unspecified atom stereocenters. The van der Waals surface area contributed by atoms with Gasteiger partial charge in [0.25, 0.3) is 0 Å². The van der Waals surface area contributed by atoms with Crippen molar-refractivity contribution in [3.05, 3.63) is 30.6 Å². The maximum Gasteiger partial charge on any atom is 2.00 e. The van der Waals surface area contributed by atoms with Crippen LogP contribution in [0.5, 0.6) is 0 Å². The third-order valence-corrected chi connectivity index (χ3v) is 0. The van der Waals surface area contributed by atoms with Crippen molar-refractivity contribution < 1.29 is 60.0 Å². The van der Waals surface area contributed by atoms with Crippen molar-refractivity contribution in [2.75, 3.05) is 0 Å². The van der Waals surface area contributed by atoms with Gasteiger partial charge in [0.05, 0.1) is 10.2 Å². The second-order valence-electron chi connectivity index (χ2n) is 0.447. The van der Waals surface area contributed by atoms with E-state index < -0.39 is 10.2 Å². The molecule has 8 nitrogen and oxygen atoms in total. The Morgan fingerprint density at radius 2 is 0.800 bits per heavy atom. The summed E-state index contributed by atoms with van der Waals surface area (Å²) in [6.07, 6.45) is 0. The molecule has 0 aliphatic carbocycles. The first kappa shape index (κ1) is 22.5. The molecule has 0 saturated carbocycles. The van der Waals surface area contributed by atoms with Gasteiger partial charge < -0.3 is 30.6 Å². The summed E-state index contributed by atoms with van der Waals surface area (Å²) in [5.41, 5.74) is 0. The van der Waals surface area contributed by atoms with Crippen LogP contribution in [-0.4, -0.2) is 10.2 Å². The fraction of sp³-hybridized carbons (Fsp3) is 0. The van der Waals surface area contributed by atoms with E-state index >= 15 is 0 Å². The van der Waals surface area contributed by atoms with Gasteiger partial charge in [-0.25, -0.2) is 0 Å². The van der Waals surface area contributed by atoms with Crippen molar-refractivity contribution in [2.24, 2.45) is 0 Å². The molecule has 0 spiro atoms. The fourth-order valence-electron chi connectivity index (χ4n) is 0. The van der Waals surface area contributed by atoms with Gasteiger partial charge in [-0.3, -0.25) is 0 Å². The third-order valence-electron chi connectivity index (χ3n) is 0. The molecule has 0 aromatic rings. The van der Waals surface area contributed by atoms with Crippen molar-refractivity contribution in [1.29, 1.82) is 0 Å². The number of rotatable bonds is 0. The predicted molar refractivity (Wildman–Crippen MR) is 20.7 cm³/mol. The van der Waals surface area contributed by atoms with E-state index in [4.69, 9.17) is 30.6 Å². The van der Waals surface area contributed by atoms with Crippen molar-refractivity contribution in [1.82, 2.24) is 0 Å². The average molecular weight is 276 g/mol. The summed E-state index contributed by atoms with van der Waals surface area (Å²) in [5.74, 6) is 0. The molecule has 10 heteroatoms. The molecule has 0 aromatic carbocycles. The van der Waals surface area contributed by atoms with Crippen LogP contribution in [0.15, 0.2) is 0 Å². The Hall–Kier alpha value is 0.0234. The molecule has 0 heterocycles. The first-order chi connectivity index (χ1) is 3.46. The topological polar surface area (TPSA) is 132 Å². The minimum Gasteiger partial charge on any atom is -0.356 e. The molecule has 2 radical (unpaired) electrons. The summed E-state index contributed by atoms with van der Waals surface area (Å²) in [5, 5.41) is 29.5. The molecule has 0 aromatic heterocycles. The standard InChI is InChI=1S/Cu.2NO3.Y/c;2*2-1(3)4;/q+2;2*-1;. The number of nitrogens with zero attached hydrogens (tertiary/aromatic N) is 2. The molecule has 0 saturated heterocycles. The summed E-state index contributed by atoms with van der Waals surface area (Å²) >= 11 is 0. The van der Waals surface area contributed by atoms with Gasteiger partial charge in [-0.1, -0.05) is 0 Å². The Kier molecular flexibility index (Phi) is 36.0. The molecule has 0 aliphatic rings. The van der Waals surface area contributed by atoms with Crippen molar-refractivity contribution in [2.45, 2.75) is 0 Å². The number of hydrogen-bond acceptors (Lipinski definition) is 6. The van der Waals surface area contributed by atoms with E-state index in [1.54, 1.807) is 0 Å². The Balaban J connectivity index is -0.0000000300. The van der Waals surface area contributed by atoms with Crippen LogP contribution >= 0.6 is 0 Å². The molecule has 60 valence electrons. The Bertz CT molecular complexity index is 73.7. The van der Waals surface area contributed by atoms with Gasteiger partial charge in [0.15, 0.2) is 0 Å². The predicted octanol–water partition coefficient (Wildman–Crippen LogP) is -0.483. The van der Waals surface area contributed by atoms with Gasteiger partial charge in [-0.2, -0.15) is 0 Å². The first-order valence-electron chi connectivity index (χ1n) is 1.10. The third kappa shape index (κ3) is 724000. The number of hydrogen-bond donors (Lipinski definition) is 0. The molecule has 0 rings (SSSR count). The van der Waals surface area contributed by atoms with E-state index in [1.165, 1.54) is 0 Å². The van der Waals surface area contributed by atoms with Crippen molar-refractivity contribution in [3.63, 3.8) is 0 Å². The zero-order valence-electron chi connectivity index (χ0n) is 4.22. The SMILES string of the molecule is O=[N+]([O-])[O-].O=[N+]([O-])[O-].[Cu+2].[Y]. The zero-order chi connectivity index (χ0) is 7.15. The van der Waals surface area contributed by atoms with Crippen LogP contribution in [0.3, 0.4) is 0 Å². The maximum atomic E-state index is 8.25. The van der Waals surface area contributed by atoms with E-state index in [1.807, 2.05) is 0 Å². The molecule has 0 aliphatic heterocycles. The fourth-order valence-corrected chi connectivity index (χ4v) is 0. The minimum atomic E-state index is -1.75. The van der Waals surface area contributed by atoms with Gasteiger partial charge >= 0.3 is 17.1 Å². The quantitative estimate of drug-likeness (QED) is 0.333. The van der Waals surface area contributed by atoms with Gasteiger partial charge in [0.2, 0.25) is 0 Å². The summed E-state index contributed by atoms with van der Waals surface area (Å²) in [7, 11) is 0. The largest absolute Gasteiger partial charge is 2.00 e. The van der Waals surface area contributed by atoms with E-state index in [2.05, 4.69) is 0 Å². The van der Waals surface area contributed by atoms with Gasteiger partial charge in [0.1, 0.15) is 0 Å².